The van der Waals surface area contributed by atoms with Gasteiger partial charge in [0.15, 0.2) is 5.69 Å². The predicted octanol–water partition coefficient (Wildman–Crippen LogP) is 0.273. The van der Waals surface area contributed by atoms with Gasteiger partial charge in [0, 0.05) is 18.7 Å². The normalized spacial score (nSPS) is 10.1. The van der Waals surface area contributed by atoms with Gasteiger partial charge < -0.3 is 10.6 Å². The zero-order chi connectivity index (χ0) is 14.4. The van der Waals surface area contributed by atoms with Gasteiger partial charge in [-0.1, -0.05) is 17.7 Å². The Labute approximate surface area is 115 Å². The summed E-state index contributed by atoms with van der Waals surface area (Å²) in [5, 5.41) is 14.9. The number of aromatic nitrogens is 3. The maximum absolute atomic E-state index is 11.8. The molecule has 0 atom stereocenters. The van der Waals surface area contributed by atoms with Gasteiger partial charge in [0.2, 0.25) is 0 Å². The third kappa shape index (κ3) is 3.64. The maximum Gasteiger partial charge on any atom is 0.273 e. The minimum atomic E-state index is -0.330. The lowest BCUT2D eigenvalue weighted by Gasteiger charge is -2.06. The van der Waals surface area contributed by atoms with E-state index in [2.05, 4.69) is 26.0 Å². The van der Waals surface area contributed by atoms with Crippen LogP contribution in [0.15, 0.2) is 30.5 Å². The fourth-order valence-electron chi connectivity index (χ4n) is 1.56. The monoisotopic (exact) mass is 273 g/mol. The molecular formula is C13H15N5O2. The first-order chi connectivity index (χ1) is 9.66. The number of aromatic amines is 1. The number of rotatable bonds is 5. The van der Waals surface area contributed by atoms with Crippen LogP contribution in [-0.4, -0.2) is 40.3 Å². The molecule has 0 unspecified atom stereocenters. The molecule has 7 nitrogen and oxygen atoms in total. The molecule has 1 aromatic heterocycles. The summed E-state index contributed by atoms with van der Waals surface area (Å²) >= 11 is 0. The second kappa shape index (κ2) is 6.46. The molecule has 0 saturated carbocycles. The number of aryl methyl sites for hydroxylation is 1. The number of hydrogen-bond donors (Lipinski definition) is 3. The van der Waals surface area contributed by atoms with E-state index < -0.39 is 0 Å². The van der Waals surface area contributed by atoms with Crippen LogP contribution in [0.25, 0.3) is 0 Å². The first-order valence-corrected chi connectivity index (χ1v) is 6.15. The zero-order valence-electron chi connectivity index (χ0n) is 11.0. The van der Waals surface area contributed by atoms with Crippen LogP contribution in [-0.2, 0) is 0 Å². The third-order valence-electron chi connectivity index (χ3n) is 2.66. The molecule has 2 rings (SSSR count). The predicted molar refractivity (Wildman–Crippen MR) is 72.2 cm³/mol. The molecule has 2 aromatic rings. The van der Waals surface area contributed by atoms with E-state index in [-0.39, 0.29) is 17.5 Å². The average Bonchev–Trinajstić information content (AvgIpc) is 2.98. The SMILES string of the molecule is Cc1ccc(C(=O)NCCNC(=O)c2cn[nH]n2)cc1. The molecule has 104 valence electrons. The molecule has 0 bridgehead atoms. The summed E-state index contributed by atoms with van der Waals surface area (Å²) in [7, 11) is 0. The van der Waals surface area contributed by atoms with E-state index in [9.17, 15) is 9.59 Å². The highest BCUT2D eigenvalue weighted by molar-refractivity contribution is 5.94. The number of carbonyl (C=O) groups excluding carboxylic acids is 2. The molecule has 2 amide bonds. The molecule has 0 aliphatic rings. The maximum atomic E-state index is 11.8. The minimum absolute atomic E-state index is 0.166. The van der Waals surface area contributed by atoms with E-state index in [1.165, 1.54) is 6.20 Å². The summed E-state index contributed by atoms with van der Waals surface area (Å²) in [6, 6.07) is 7.28. The van der Waals surface area contributed by atoms with E-state index in [0.29, 0.717) is 18.7 Å². The van der Waals surface area contributed by atoms with E-state index >= 15 is 0 Å². The Balaban J connectivity index is 1.72. The van der Waals surface area contributed by atoms with Gasteiger partial charge >= 0.3 is 0 Å². The fourth-order valence-corrected chi connectivity index (χ4v) is 1.56. The molecule has 0 saturated heterocycles. The number of H-pyrrole nitrogens is 1. The summed E-state index contributed by atoms with van der Waals surface area (Å²) in [6.45, 7) is 2.63. The molecule has 20 heavy (non-hydrogen) atoms. The number of hydrogen-bond acceptors (Lipinski definition) is 4. The highest BCUT2D eigenvalue weighted by Crippen LogP contribution is 2.02. The molecule has 0 spiro atoms. The first-order valence-electron chi connectivity index (χ1n) is 6.15. The Bertz CT molecular complexity index is 577. The lowest BCUT2D eigenvalue weighted by molar-refractivity contribution is 0.0925. The van der Waals surface area contributed by atoms with Crippen molar-refractivity contribution in [2.75, 3.05) is 13.1 Å². The summed E-state index contributed by atoms with van der Waals surface area (Å²) in [5.74, 6) is -0.496. The standard InChI is InChI=1S/C13H15N5O2/c1-9-2-4-10(5-3-9)12(19)14-6-7-15-13(20)11-8-16-18-17-11/h2-5,8H,6-7H2,1H3,(H,14,19)(H,15,20)(H,16,17,18). The van der Waals surface area contributed by atoms with Gasteiger partial charge in [0.05, 0.1) is 6.20 Å². The second-order valence-corrected chi connectivity index (χ2v) is 4.23. The van der Waals surface area contributed by atoms with Crippen molar-refractivity contribution < 1.29 is 9.59 Å². The van der Waals surface area contributed by atoms with Crippen LogP contribution in [0.2, 0.25) is 0 Å². The van der Waals surface area contributed by atoms with Crippen molar-refractivity contribution in [3.05, 3.63) is 47.3 Å². The smallest absolute Gasteiger partial charge is 0.273 e. The van der Waals surface area contributed by atoms with Crippen LogP contribution in [0.5, 0.6) is 0 Å². The lowest BCUT2D eigenvalue weighted by atomic mass is 10.1. The molecule has 0 aliphatic heterocycles. The first kappa shape index (κ1) is 13.7. The fraction of sp³-hybridized carbons (Fsp3) is 0.231. The molecule has 0 radical (unpaired) electrons. The van der Waals surface area contributed by atoms with Gasteiger partial charge in [-0.05, 0) is 19.1 Å². The van der Waals surface area contributed by atoms with Gasteiger partial charge in [-0.15, -0.1) is 0 Å². The molecule has 1 heterocycles. The topological polar surface area (TPSA) is 99.8 Å². The van der Waals surface area contributed by atoms with Crippen molar-refractivity contribution in [3.8, 4) is 0 Å². The summed E-state index contributed by atoms with van der Waals surface area (Å²) < 4.78 is 0. The largest absolute Gasteiger partial charge is 0.350 e. The van der Waals surface area contributed by atoms with E-state index in [1.807, 2.05) is 19.1 Å². The average molecular weight is 273 g/mol. The molecule has 1 aromatic carbocycles. The Morgan fingerprint density at radius 2 is 1.75 bits per heavy atom. The number of amides is 2. The summed E-state index contributed by atoms with van der Waals surface area (Å²) in [5.41, 5.74) is 1.91. The number of carbonyl (C=O) groups is 2. The van der Waals surface area contributed by atoms with Gasteiger partial charge in [-0.2, -0.15) is 15.4 Å². The zero-order valence-corrected chi connectivity index (χ0v) is 11.0. The van der Waals surface area contributed by atoms with Crippen LogP contribution >= 0.6 is 0 Å². The number of nitrogens with one attached hydrogen (secondary N) is 3. The summed E-state index contributed by atoms with van der Waals surface area (Å²) in [4.78, 5) is 23.3. The highest BCUT2D eigenvalue weighted by Gasteiger charge is 2.08. The molecule has 0 aliphatic carbocycles. The van der Waals surface area contributed by atoms with Gasteiger partial charge in [-0.25, -0.2) is 0 Å². The molecule has 3 N–H and O–H groups in total. The Kier molecular flexibility index (Phi) is 4.43. The minimum Gasteiger partial charge on any atom is -0.350 e. The quantitative estimate of drug-likeness (QED) is 0.681. The third-order valence-corrected chi connectivity index (χ3v) is 2.66. The van der Waals surface area contributed by atoms with Crippen LogP contribution in [0, 0.1) is 6.92 Å². The Hall–Kier alpha value is -2.70. The molecule has 0 fully saturated rings. The Morgan fingerprint density at radius 3 is 2.35 bits per heavy atom. The van der Waals surface area contributed by atoms with Gasteiger partial charge in [-0.3, -0.25) is 9.59 Å². The summed E-state index contributed by atoms with van der Waals surface area (Å²) in [6.07, 6.45) is 1.33. The van der Waals surface area contributed by atoms with Crippen molar-refractivity contribution in [1.29, 1.82) is 0 Å². The van der Waals surface area contributed by atoms with Gasteiger partial charge in [0.1, 0.15) is 0 Å². The lowest BCUT2D eigenvalue weighted by Crippen LogP contribution is -2.34. The highest BCUT2D eigenvalue weighted by atomic mass is 16.2. The second-order valence-electron chi connectivity index (χ2n) is 4.23. The van der Waals surface area contributed by atoms with E-state index in [4.69, 9.17) is 0 Å². The van der Waals surface area contributed by atoms with Crippen molar-refractivity contribution in [1.82, 2.24) is 26.0 Å². The van der Waals surface area contributed by atoms with Crippen LogP contribution in [0.4, 0.5) is 0 Å². The van der Waals surface area contributed by atoms with Crippen LogP contribution in [0.3, 0.4) is 0 Å². The van der Waals surface area contributed by atoms with Gasteiger partial charge in [0.25, 0.3) is 11.8 Å². The van der Waals surface area contributed by atoms with Crippen molar-refractivity contribution in [3.63, 3.8) is 0 Å². The van der Waals surface area contributed by atoms with Crippen LogP contribution in [0.1, 0.15) is 26.4 Å². The van der Waals surface area contributed by atoms with E-state index in [0.717, 1.165) is 5.56 Å². The Morgan fingerprint density at radius 1 is 1.10 bits per heavy atom. The van der Waals surface area contributed by atoms with Crippen LogP contribution < -0.4 is 10.6 Å². The molecule has 7 heteroatoms. The van der Waals surface area contributed by atoms with Crippen molar-refractivity contribution >= 4 is 11.8 Å². The van der Waals surface area contributed by atoms with Crippen molar-refractivity contribution in [2.24, 2.45) is 0 Å². The number of benzene rings is 1. The van der Waals surface area contributed by atoms with E-state index in [1.54, 1.807) is 12.1 Å². The van der Waals surface area contributed by atoms with Crippen molar-refractivity contribution in [2.45, 2.75) is 6.92 Å². The molecular weight excluding hydrogens is 258 g/mol. The number of nitrogens with zero attached hydrogens (tertiary/aromatic N) is 2.